The van der Waals surface area contributed by atoms with Gasteiger partial charge in [0.1, 0.15) is 5.75 Å². The van der Waals surface area contributed by atoms with Gasteiger partial charge in [0.05, 0.1) is 7.11 Å². The lowest BCUT2D eigenvalue weighted by atomic mass is 9.93. The lowest BCUT2D eigenvalue weighted by Crippen LogP contribution is -2.42. The molecule has 8 heteroatoms. The number of urea groups is 1. The van der Waals surface area contributed by atoms with Crippen LogP contribution in [0, 0.1) is 17.6 Å². The Morgan fingerprint density at radius 3 is 2.61 bits per heavy atom. The molecule has 1 aliphatic rings. The van der Waals surface area contributed by atoms with Crippen LogP contribution in [0.2, 0.25) is 0 Å². The van der Waals surface area contributed by atoms with Crippen LogP contribution in [0.5, 0.6) is 5.75 Å². The molecule has 2 aromatic carbocycles. The molecule has 1 saturated heterocycles. The molecule has 0 radical (unpaired) electrons. The third-order valence-electron chi connectivity index (χ3n) is 5.40. The lowest BCUT2D eigenvalue weighted by molar-refractivity contribution is -0.121. The summed E-state index contributed by atoms with van der Waals surface area (Å²) in [6.07, 6.45) is 2.83. The normalized spacial score (nSPS) is 16.0. The van der Waals surface area contributed by atoms with Crippen molar-refractivity contribution in [1.29, 1.82) is 0 Å². The minimum Gasteiger partial charge on any atom is -0.497 e. The highest BCUT2D eigenvalue weighted by Crippen LogP contribution is 2.22. The summed E-state index contributed by atoms with van der Waals surface area (Å²) in [6, 6.07) is 10.6. The zero-order valence-corrected chi connectivity index (χ0v) is 17.5. The second kappa shape index (κ2) is 10.7. The summed E-state index contributed by atoms with van der Waals surface area (Å²) in [7, 11) is 1.59. The Labute approximate surface area is 180 Å². The molecular formula is C23H27F2N3O3. The molecule has 0 bridgehead atoms. The summed E-state index contributed by atoms with van der Waals surface area (Å²) in [4.78, 5) is 26.5. The molecule has 6 nitrogen and oxygen atoms in total. The quantitative estimate of drug-likeness (QED) is 0.686. The molecule has 0 spiro atoms. The number of anilines is 1. The maximum Gasteiger partial charge on any atom is 0.321 e. The number of piperidine rings is 1. The zero-order valence-electron chi connectivity index (χ0n) is 17.5. The smallest absolute Gasteiger partial charge is 0.321 e. The minimum absolute atomic E-state index is 0.149. The highest BCUT2D eigenvalue weighted by Gasteiger charge is 2.24. The van der Waals surface area contributed by atoms with E-state index in [1.165, 1.54) is 6.07 Å². The Bertz CT molecular complexity index is 905. The van der Waals surface area contributed by atoms with E-state index in [-0.39, 0.29) is 24.4 Å². The van der Waals surface area contributed by atoms with Gasteiger partial charge in [-0.25, -0.2) is 13.6 Å². The fraction of sp³-hybridized carbons (Fsp3) is 0.391. The van der Waals surface area contributed by atoms with Gasteiger partial charge < -0.3 is 20.3 Å². The molecule has 166 valence electrons. The first-order valence-corrected chi connectivity index (χ1v) is 10.3. The molecular weight excluding hydrogens is 404 g/mol. The van der Waals surface area contributed by atoms with Crippen molar-refractivity contribution in [2.45, 2.75) is 32.2 Å². The van der Waals surface area contributed by atoms with Gasteiger partial charge in [-0.3, -0.25) is 4.79 Å². The Kier molecular flexibility index (Phi) is 7.81. The van der Waals surface area contributed by atoms with Gasteiger partial charge in [-0.15, -0.1) is 0 Å². The second-order valence-electron chi connectivity index (χ2n) is 7.68. The van der Waals surface area contributed by atoms with E-state index in [2.05, 4.69) is 10.6 Å². The SMILES string of the molecule is COc1ccc(NC(=O)N2CCC[C@@H](CCC(=O)NCc3ccc(F)c(F)c3)C2)cc1. The second-order valence-corrected chi connectivity index (χ2v) is 7.68. The van der Waals surface area contributed by atoms with Gasteiger partial charge in [0.15, 0.2) is 11.6 Å². The van der Waals surface area contributed by atoms with Crippen molar-refractivity contribution in [3.8, 4) is 5.75 Å². The first-order chi connectivity index (χ1) is 14.9. The summed E-state index contributed by atoms with van der Waals surface area (Å²) in [6.45, 7) is 1.43. The number of ether oxygens (including phenoxy) is 1. The van der Waals surface area contributed by atoms with Gasteiger partial charge in [-0.2, -0.15) is 0 Å². The first kappa shape index (κ1) is 22.5. The van der Waals surface area contributed by atoms with Gasteiger partial charge in [-0.05, 0) is 67.1 Å². The van der Waals surface area contributed by atoms with E-state index in [9.17, 15) is 18.4 Å². The minimum atomic E-state index is -0.929. The van der Waals surface area contributed by atoms with Gasteiger partial charge in [-0.1, -0.05) is 6.07 Å². The van der Waals surface area contributed by atoms with E-state index >= 15 is 0 Å². The number of hydrogen-bond donors (Lipinski definition) is 2. The Morgan fingerprint density at radius 2 is 1.90 bits per heavy atom. The molecule has 3 rings (SSSR count). The van der Waals surface area contributed by atoms with Gasteiger partial charge in [0, 0.05) is 31.7 Å². The van der Waals surface area contributed by atoms with Gasteiger partial charge >= 0.3 is 6.03 Å². The van der Waals surface area contributed by atoms with E-state index in [4.69, 9.17) is 4.74 Å². The molecule has 0 saturated carbocycles. The molecule has 1 aliphatic heterocycles. The topological polar surface area (TPSA) is 70.7 Å². The summed E-state index contributed by atoms with van der Waals surface area (Å²) >= 11 is 0. The van der Waals surface area contributed by atoms with Crippen LogP contribution in [0.1, 0.15) is 31.2 Å². The van der Waals surface area contributed by atoms with E-state index in [1.54, 1.807) is 36.3 Å². The number of carbonyl (C=O) groups is 2. The van der Waals surface area contributed by atoms with Crippen molar-refractivity contribution < 1.29 is 23.1 Å². The van der Waals surface area contributed by atoms with Crippen LogP contribution in [0.25, 0.3) is 0 Å². The van der Waals surface area contributed by atoms with E-state index in [0.29, 0.717) is 37.2 Å². The number of nitrogens with one attached hydrogen (secondary N) is 2. The van der Waals surface area contributed by atoms with Gasteiger partial charge in [0.25, 0.3) is 0 Å². The molecule has 0 unspecified atom stereocenters. The highest BCUT2D eigenvalue weighted by atomic mass is 19.2. The standard InChI is InChI=1S/C23H27F2N3O3/c1-31-19-8-6-18(7-9-19)27-23(30)28-12-2-3-16(15-28)5-11-22(29)26-14-17-4-10-20(24)21(25)13-17/h4,6-10,13,16H,2-3,5,11-12,14-15H2,1H3,(H,26,29)(H,27,30)/t16-/m0/s1. The largest absolute Gasteiger partial charge is 0.497 e. The maximum absolute atomic E-state index is 13.2. The molecule has 2 N–H and O–H groups in total. The molecule has 3 amide bonds. The Morgan fingerprint density at radius 1 is 1.13 bits per heavy atom. The zero-order chi connectivity index (χ0) is 22.2. The van der Waals surface area contributed by atoms with Crippen molar-refractivity contribution in [3.05, 3.63) is 59.7 Å². The van der Waals surface area contributed by atoms with E-state index < -0.39 is 11.6 Å². The predicted molar refractivity (Wildman–Crippen MR) is 114 cm³/mol. The summed E-state index contributed by atoms with van der Waals surface area (Å²) in [5, 5.41) is 5.62. The van der Waals surface area contributed by atoms with Crippen LogP contribution in [0.15, 0.2) is 42.5 Å². The van der Waals surface area contributed by atoms with Crippen molar-refractivity contribution in [3.63, 3.8) is 0 Å². The monoisotopic (exact) mass is 431 g/mol. The summed E-state index contributed by atoms with van der Waals surface area (Å²) < 4.78 is 31.3. The van der Waals surface area contributed by atoms with Crippen molar-refractivity contribution in [1.82, 2.24) is 10.2 Å². The average Bonchev–Trinajstić information content (AvgIpc) is 2.79. The predicted octanol–water partition coefficient (Wildman–Crippen LogP) is 4.31. The third kappa shape index (κ3) is 6.67. The molecule has 0 aromatic heterocycles. The number of methoxy groups -OCH3 is 1. The summed E-state index contributed by atoms with van der Waals surface area (Å²) in [5.41, 5.74) is 1.20. The lowest BCUT2D eigenvalue weighted by Gasteiger charge is -2.32. The molecule has 0 aliphatic carbocycles. The first-order valence-electron chi connectivity index (χ1n) is 10.3. The highest BCUT2D eigenvalue weighted by molar-refractivity contribution is 5.89. The van der Waals surface area contributed by atoms with Crippen molar-refractivity contribution >= 4 is 17.6 Å². The molecule has 1 atom stereocenters. The van der Waals surface area contributed by atoms with E-state index in [1.807, 2.05) is 0 Å². The Hall–Kier alpha value is -3.16. The fourth-order valence-electron chi connectivity index (χ4n) is 3.64. The number of carbonyl (C=O) groups excluding carboxylic acids is 2. The number of benzene rings is 2. The molecule has 1 heterocycles. The van der Waals surface area contributed by atoms with Crippen LogP contribution in [0.4, 0.5) is 19.3 Å². The third-order valence-corrected chi connectivity index (χ3v) is 5.40. The van der Waals surface area contributed by atoms with Crippen molar-refractivity contribution in [2.75, 3.05) is 25.5 Å². The molecule has 2 aromatic rings. The van der Waals surface area contributed by atoms with E-state index in [0.717, 1.165) is 30.7 Å². The van der Waals surface area contributed by atoms with Crippen LogP contribution in [-0.2, 0) is 11.3 Å². The van der Waals surface area contributed by atoms with Crippen LogP contribution in [0.3, 0.4) is 0 Å². The van der Waals surface area contributed by atoms with Crippen LogP contribution in [-0.4, -0.2) is 37.0 Å². The Balaban J connectivity index is 1.41. The number of likely N-dealkylation sites (tertiary alicyclic amines) is 1. The number of nitrogens with zero attached hydrogens (tertiary/aromatic N) is 1. The average molecular weight is 431 g/mol. The van der Waals surface area contributed by atoms with Gasteiger partial charge in [0.2, 0.25) is 5.91 Å². The fourth-order valence-corrected chi connectivity index (χ4v) is 3.64. The number of hydrogen-bond acceptors (Lipinski definition) is 3. The van der Waals surface area contributed by atoms with Crippen LogP contribution < -0.4 is 15.4 Å². The van der Waals surface area contributed by atoms with Crippen LogP contribution >= 0.6 is 0 Å². The number of halogens is 2. The number of amides is 3. The maximum atomic E-state index is 13.2. The molecule has 31 heavy (non-hydrogen) atoms. The van der Waals surface area contributed by atoms with Crippen molar-refractivity contribution in [2.24, 2.45) is 5.92 Å². The summed E-state index contributed by atoms with van der Waals surface area (Å²) in [5.74, 6) is -1.03. The number of rotatable bonds is 7. The molecule has 1 fully saturated rings.